The molecule has 2 N–H and O–H groups in total. The van der Waals surface area contributed by atoms with Crippen LogP contribution in [-0.2, 0) is 4.79 Å². The van der Waals surface area contributed by atoms with Gasteiger partial charge in [-0.3, -0.25) is 9.59 Å². The molecule has 7 nitrogen and oxygen atoms in total. The molecule has 0 aliphatic carbocycles. The van der Waals surface area contributed by atoms with Crippen molar-refractivity contribution in [2.24, 2.45) is 0 Å². The molecule has 0 saturated carbocycles. The molecule has 7 heteroatoms. The molecule has 29 heavy (non-hydrogen) atoms. The van der Waals surface area contributed by atoms with Gasteiger partial charge in [0.1, 0.15) is 11.8 Å². The summed E-state index contributed by atoms with van der Waals surface area (Å²) < 4.78 is 10.4. The largest absolute Gasteiger partial charge is 0.497 e. The molecule has 2 aromatic carbocycles. The van der Waals surface area contributed by atoms with Gasteiger partial charge in [0.05, 0.1) is 13.2 Å². The van der Waals surface area contributed by atoms with E-state index in [1.54, 1.807) is 26.2 Å². The standard InChI is InChI=1S/C22H23N3O4/c1-14(16-7-5-4-6-8-16)23-21(26)15(2)24-22(27)19-13-20(29-25-19)17-9-11-18(28-3)12-10-17/h4-15H,1-3H3,(H,23,26)(H,24,27)/t14-,15-/m0/s1. The van der Waals surface area contributed by atoms with E-state index in [0.29, 0.717) is 5.76 Å². The number of ether oxygens (including phenoxy) is 1. The molecule has 3 rings (SSSR count). The summed E-state index contributed by atoms with van der Waals surface area (Å²) in [6.07, 6.45) is 0. The van der Waals surface area contributed by atoms with Gasteiger partial charge in [0.15, 0.2) is 11.5 Å². The highest BCUT2D eigenvalue weighted by molar-refractivity contribution is 5.96. The van der Waals surface area contributed by atoms with Crippen LogP contribution < -0.4 is 15.4 Å². The van der Waals surface area contributed by atoms with E-state index in [-0.39, 0.29) is 17.6 Å². The molecule has 150 valence electrons. The van der Waals surface area contributed by atoms with Crippen molar-refractivity contribution < 1.29 is 18.8 Å². The lowest BCUT2D eigenvalue weighted by molar-refractivity contribution is -0.123. The Hall–Kier alpha value is -3.61. The average Bonchev–Trinajstić information content (AvgIpc) is 3.24. The summed E-state index contributed by atoms with van der Waals surface area (Å²) in [7, 11) is 1.59. The second-order valence-corrected chi connectivity index (χ2v) is 6.64. The van der Waals surface area contributed by atoms with Crippen molar-refractivity contribution in [2.75, 3.05) is 7.11 Å². The smallest absolute Gasteiger partial charge is 0.274 e. The van der Waals surface area contributed by atoms with E-state index in [1.807, 2.05) is 49.4 Å². The van der Waals surface area contributed by atoms with Crippen molar-refractivity contribution in [3.8, 4) is 17.1 Å². The number of hydrogen-bond donors (Lipinski definition) is 2. The number of methoxy groups -OCH3 is 1. The Labute approximate surface area is 169 Å². The van der Waals surface area contributed by atoms with Gasteiger partial charge in [0.2, 0.25) is 5.91 Å². The van der Waals surface area contributed by atoms with Gasteiger partial charge in [0.25, 0.3) is 5.91 Å². The van der Waals surface area contributed by atoms with E-state index in [0.717, 1.165) is 16.9 Å². The Morgan fingerprint density at radius 1 is 1.00 bits per heavy atom. The highest BCUT2D eigenvalue weighted by atomic mass is 16.5. The Morgan fingerprint density at radius 2 is 1.69 bits per heavy atom. The number of nitrogens with zero attached hydrogens (tertiary/aromatic N) is 1. The number of hydrogen-bond acceptors (Lipinski definition) is 5. The molecule has 0 unspecified atom stereocenters. The number of carbonyl (C=O) groups excluding carboxylic acids is 2. The molecule has 0 saturated heterocycles. The summed E-state index contributed by atoms with van der Waals surface area (Å²) >= 11 is 0. The Kier molecular flexibility index (Phi) is 6.29. The van der Waals surface area contributed by atoms with Crippen LogP contribution in [0.3, 0.4) is 0 Å². The van der Waals surface area contributed by atoms with Crippen LogP contribution in [0.4, 0.5) is 0 Å². The molecule has 0 aliphatic rings. The summed E-state index contributed by atoms with van der Waals surface area (Å²) in [6, 6.07) is 17.4. The van der Waals surface area contributed by atoms with Crippen molar-refractivity contribution in [1.29, 1.82) is 0 Å². The fourth-order valence-electron chi connectivity index (χ4n) is 2.77. The Morgan fingerprint density at radius 3 is 2.34 bits per heavy atom. The van der Waals surface area contributed by atoms with E-state index in [4.69, 9.17) is 9.26 Å². The van der Waals surface area contributed by atoms with Gasteiger partial charge in [-0.15, -0.1) is 0 Å². The number of nitrogens with one attached hydrogen (secondary N) is 2. The minimum Gasteiger partial charge on any atom is -0.497 e. The maximum atomic E-state index is 12.4. The van der Waals surface area contributed by atoms with Gasteiger partial charge in [0, 0.05) is 11.6 Å². The molecule has 0 aliphatic heterocycles. The SMILES string of the molecule is COc1ccc(-c2cc(C(=O)N[C@@H](C)C(=O)N[C@@H](C)c3ccccc3)no2)cc1. The first-order chi connectivity index (χ1) is 14.0. The Bertz CT molecular complexity index is 967. The van der Waals surface area contributed by atoms with E-state index < -0.39 is 11.9 Å². The predicted molar refractivity (Wildman–Crippen MR) is 108 cm³/mol. The summed E-state index contributed by atoms with van der Waals surface area (Å²) in [5.74, 6) is 0.403. The van der Waals surface area contributed by atoms with Crippen LogP contribution in [0.1, 0.15) is 35.9 Å². The lowest BCUT2D eigenvalue weighted by atomic mass is 10.1. The molecule has 0 bridgehead atoms. The minimum atomic E-state index is -0.727. The summed E-state index contributed by atoms with van der Waals surface area (Å²) in [5.41, 5.74) is 1.85. The van der Waals surface area contributed by atoms with Crippen molar-refractivity contribution in [1.82, 2.24) is 15.8 Å². The zero-order valence-corrected chi connectivity index (χ0v) is 16.5. The number of rotatable bonds is 7. The highest BCUT2D eigenvalue weighted by Crippen LogP contribution is 2.23. The summed E-state index contributed by atoms with van der Waals surface area (Å²) in [6.45, 7) is 3.51. The lowest BCUT2D eigenvalue weighted by Gasteiger charge is -2.18. The van der Waals surface area contributed by atoms with Gasteiger partial charge < -0.3 is 19.9 Å². The van der Waals surface area contributed by atoms with Gasteiger partial charge >= 0.3 is 0 Å². The first-order valence-electron chi connectivity index (χ1n) is 9.25. The van der Waals surface area contributed by atoms with Crippen molar-refractivity contribution in [3.63, 3.8) is 0 Å². The normalized spacial score (nSPS) is 12.7. The van der Waals surface area contributed by atoms with E-state index in [9.17, 15) is 9.59 Å². The van der Waals surface area contributed by atoms with E-state index in [1.165, 1.54) is 6.07 Å². The monoisotopic (exact) mass is 393 g/mol. The van der Waals surface area contributed by atoms with Crippen LogP contribution in [-0.4, -0.2) is 30.1 Å². The third kappa shape index (κ3) is 5.01. The summed E-state index contributed by atoms with van der Waals surface area (Å²) in [5, 5.41) is 9.33. The second-order valence-electron chi connectivity index (χ2n) is 6.64. The Balaban J connectivity index is 1.59. The molecule has 1 aromatic heterocycles. The van der Waals surface area contributed by atoms with Crippen LogP contribution in [0.2, 0.25) is 0 Å². The van der Waals surface area contributed by atoms with E-state index >= 15 is 0 Å². The quantitative estimate of drug-likeness (QED) is 0.642. The predicted octanol–water partition coefficient (Wildman–Crippen LogP) is 3.35. The molecule has 2 amide bonds. The van der Waals surface area contributed by atoms with Crippen molar-refractivity contribution in [2.45, 2.75) is 25.9 Å². The number of carbonyl (C=O) groups is 2. The van der Waals surface area contributed by atoms with Crippen LogP contribution in [0, 0.1) is 0 Å². The fraction of sp³-hybridized carbons (Fsp3) is 0.227. The maximum Gasteiger partial charge on any atom is 0.274 e. The molecule has 1 heterocycles. The third-order valence-corrected chi connectivity index (χ3v) is 4.52. The molecule has 0 fully saturated rings. The van der Waals surface area contributed by atoms with Crippen molar-refractivity contribution in [3.05, 3.63) is 71.9 Å². The first kappa shape index (κ1) is 20.1. The average molecular weight is 393 g/mol. The topological polar surface area (TPSA) is 93.5 Å². The van der Waals surface area contributed by atoms with Crippen LogP contribution in [0.5, 0.6) is 5.75 Å². The second kappa shape index (κ2) is 9.05. The minimum absolute atomic E-state index is 0.103. The van der Waals surface area contributed by atoms with Gasteiger partial charge in [-0.1, -0.05) is 35.5 Å². The zero-order chi connectivity index (χ0) is 20.8. The fourth-order valence-corrected chi connectivity index (χ4v) is 2.77. The van der Waals surface area contributed by atoms with Crippen LogP contribution in [0.25, 0.3) is 11.3 Å². The maximum absolute atomic E-state index is 12.4. The molecule has 3 aromatic rings. The van der Waals surface area contributed by atoms with Gasteiger partial charge in [-0.05, 0) is 43.7 Å². The highest BCUT2D eigenvalue weighted by Gasteiger charge is 2.21. The van der Waals surface area contributed by atoms with Gasteiger partial charge in [-0.25, -0.2) is 0 Å². The molecular formula is C22H23N3O4. The third-order valence-electron chi connectivity index (χ3n) is 4.52. The summed E-state index contributed by atoms with van der Waals surface area (Å²) in [4.78, 5) is 24.8. The zero-order valence-electron chi connectivity index (χ0n) is 16.5. The first-order valence-corrected chi connectivity index (χ1v) is 9.25. The molecular weight excluding hydrogens is 370 g/mol. The van der Waals surface area contributed by atoms with E-state index in [2.05, 4.69) is 15.8 Å². The molecule has 2 atom stereocenters. The number of amides is 2. The number of benzene rings is 2. The molecule has 0 radical (unpaired) electrons. The number of aromatic nitrogens is 1. The van der Waals surface area contributed by atoms with Gasteiger partial charge in [-0.2, -0.15) is 0 Å². The lowest BCUT2D eigenvalue weighted by Crippen LogP contribution is -2.45. The molecule has 0 spiro atoms. The van der Waals surface area contributed by atoms with Crippen molar-refractivity contribution >= 4 is 11.8 Å². The van der Waals surface area contributed by atoms with Crippen LogP contribution >= 0.6 is 0 Å². The van der Waals surface area contributed by atoms with Crippen LogP contribution in [0.15, 0.2) is 65.2 Å².